The lowest BCUT2D eigenvalue weighted by Crippen LogP contribution is -2.61. The molecule has 21 heavy (non-hydrogen) atoms. The second-order valence-electron chi connectivity index (χ2n) is 5.24. The van der Waals surface area contributed by atoms with Crippen LogP contribution >= 0.6 is 11.6 Å². The summed E-state index contributed by atoms with van der Waals surface area (Å²) in [4.78, 5) is 25.8. The molecule has 1 aliphatic rings. The van der Waals surface area contributed by atoms with Crippen molar-refractivity contribution in [2.24, 2.45) is 0 Å². The van der Waals surface area contributed by atoms with Gasteiger partial charge in [-0.1, -0.05) is 31.0 Å². The largest absolute Gasteiger partial charge is 0.343 e. The van der Waals surface area contributed by atoms with Crippen molar-refractivity contribution < 1.29 is 14.0 Å². The summed E-state index contributed by atoms with van der Waals surface area (Å²) in [7, 11) is 0. The number of hydrogen-bond acceptors (Lipinski definition) is 2. The van der Waals surface area contributed by atoms with Crippen LogP contribution in [0.2, 0.25) is 5.02 Å². The third kappa shape index (κ3) is 3.35. The fraction of sp³-hybridized carbons (Fsp3) is 0.467. The molecule has 0 saturated carbocycles. The minimum absolute atomic E-state index is 0.0737. The van der Waals surface area contributed by atoms with Gasteiger partial charge in [-0.05, 0) is 25.5 Å². The smallest absolute Gasteiger partial charge is 0.245 e. The SMILES string of the molecule is CCCC1C(=O)NC(C)C(=O)N1Cc1ccc(Cl)cc1F. The molecule has 1 aliphatic heterocycles. The summed E-state index contributed by atoms with van der Waals surface area (Å²) in [6.45, 7) is 3.65. The minimum atomic E-state index is -0.582. The highest BCUT2D eigenvalue weighted by atomic mass is 35.5. The molecule has 2 atom stereocenters. The Hall–Kier alpha value is -1.62. The molecule has 0 radical (unpaired) electrons. The molecule has 1 fully saturated rings. The van der Waals surface area contributed by atoms with Crippen LogP contribution in [0, 0.1) is 5.82 Å². The lowest BCUT2D eigenvalue weighted by Gasteiger charge is -2.38. The van der Waals surface area contributed by atoms with E-state index in [-0.39, 0.29) is 18.4 Å². The first-order chi connectivity index (χ1) is 9.93. The highest BCUT2D eigenvalue weighted by molar-refractivity contribution is 6.30. The highest BCUT2D eigenvalue weighted by Gasteiger charge is 2.38. The van der Waals surface area contributed by atoms with Gasteiger partial charge in [0.1, 0.15) is 17.9 Å². The van der Waals surface area contributed by atoms with Crippen LogP contribution in [0.15, 0.2) is 18.2 Å². The first-order valence-corrected chi connectivity index (χ1v) is 7.36. The van der Waals surface area contributed by atoms with E-state index in [4.69, 9.17) is 11.6 Å². The van der Waals surface area contributed by atoms with Gasteiger partial charge in [-0.2, -0.15) is 0 Å². The van der Waals surface area contributed by atoms with E-state index in [1.165, 1.54) is 11.0 Å². The molecule has 0 aromatic heterocycles. The number of carbonyl (C=O) groups is 2. The van der Waals surface area contributed by atoms with Gasteiger partial charge in [-0.15, -0.1) is 0 Å². The van der Waals surface area contributed by atoms with E-state index < -0.39 is 17.9 Å². The summed E-state index contributed by atoms with van der Waals surface area (Å²) in [5.41, 5.74) is 0.357. The van der Waals surface area contributed by atoms with Crippen molar-refractivity contribution in [1.29, 1.82) is 0 Å². The summed E-state index contributed by atoms with van der Waals surface area (Å²) in [6.07, 6.45) is 1.32. The number of piperazine rings is 1. The van der Waals surface area contributed by atoms with Gasteiger partial charge in [-0.25, -0.2) is 4.39 Å². The predicted octanol–water partition coefficient (Wildman–Crippen LogP) is 2.49. The van der Waals surface area contributed by atoms with Crippen LogP contribution in [0.5, 0.6) is 0 Å². The quantitative estimate of drug-likeness (QED) is 0.928. The lowest BCUT2D eigenvalue weighted by molar-refractivity contribution is -0.149. The van der Waals surface area contributed by atoms with Crippen LogP contribution in [0.4, 0.5) is 4.39 Å². The molecule has 0 aliphatic carbocycles. The number of nitrogens with one attached hydrogen (secondary N) is 1. The fourth-order valence-corrected chi connectivity index (χ4v) is 2.66. The van der Waals surface area contributed by atoms with Gasteiger partial charge in [0.2, 0.25) is 11.8 Å². The molecular weight excluding hydrogens is 295 g/mol. The maximum Gasteiger partial charge on any atom is 0.245 e. The molecule has 1 aromatic rings. The Balaban J connectivity index is 2.27. The van der Waals surface area contributed by atoms with Crippen molar-refractivity contribution in [3.8, 4) is 0 Å². The maximum atomic E-state index is 13.9. The van der Waals surface area contributed by atoms with Crippen molar-refractivity contribution in [2.75, 3.05) is 0 Å². The molecule has 1 saturated heterocycles. The molecule has 0 bridgehead atoms. The maximum absolute atomic E-state index is 13.9. The van der Waals surface area contributed by atoms with E-state index in [2.05, 4.69) is 5.32 Å². The van der Waals surface area contributed by atoms with Crippen LogP contribution < -0.4 is 5.32 Å². The average Bonchev–Trinajstić information content (AvgIpc) is 2.42. The summed E-state index contributed by atoms with van der Waals surface area (Å²) >= 11 is 5.73. The van der Waals surface area contributed by atoms with Gasteiger partial charge in [-0.3, -0.25) is 9.59 Å². The monoisotopic (exact) mass is 312 g/mol. The topological polar surface area (TPSA) is 49.4 Å². The summed E-state index contributed by atoms with van der Waals surface area (Å²) in [5, 5.41) is 2.96. The van der Waals surface area contributed by atoms with Crippen LogP contribution in [0.3, 0.4) is 0 Å². The number of benzene rings is 1. The number of hydrogen-bond donors (Lipinski definition) is 1. The van der Waals surface area contributed by atoms with Crippen molar-refractivity contribution in [3.63, 3.8) is 0 Å². The van der Waals surface area contributed by atoms with E-state index in [1.807, 2.05) is 6.92 Å². The number of amides is 2. The van der Waals surface area contributed by atoms with Gasteiger partial charge >= 0.3 is 0 Å². The normalized spacial score (nSPS) is 22.4. The number of rotatable bonds is 4. The van der Waals surface area contributed by atoms with Crippen molar-refractivity contribution in [1.82, 2.24) is 10.2 Å². The fourth-order valence-electron chi connectivity index (χ4n) is 2.50. The van der Waals surface area contributed by atoms with Crippen molar-refractivity contribution in [3.05, 3.63) is 34.6 Å². The average molecular weight is 313 g/mol. The number of halogens is 2. The Morgan fingerprint density at radius 2 is 2.10 bits per heavy atom. The third-order valence-electron chi connectivity index (χ3n) is 3.61. The van der Waals surface area contributed by atoms with Crippen molar-refractivity contribution >= 4 is 23.4 Å². The Kier molecular flexibility index (Phi) is 4.83. The zero-order valence-corrected chi connectivity index (χ0v) is 12.8. The van der Waals surface area contributed by atoms with Crippen LogP contribution in [0.25, 0.3) is 0 Å². The Labute approximate surface area is 128 Å². The van der Waals surface area contributed by atoms with E-state index in [1.54, 1.807) is 19.1 Å². The zero-order chi connectivity index (χ0) is 15.6. The van der Waals surface area contributed by atoms with Gasteiger partial charge in [0, 0.05) is 17.1 Å². The molecule has 0 spiro atoms. The molecule has 2 amide bonds. The van der Waals surface area contributed by atoms with E-state index in [9.17, 15) is 14.0 Å². The molecule has 114 valence electrons. The third-order valence-corrected chi connectivity index (χ3v) is 3.84. The second kappa shape index (κ2) is 6.43. The molecule has 2 unspecified atom stereocenters. The van der Waals surface area contributed by atoms with E-state index in [0.29, 0.717) is 17.0 Å². The Morgan fingerprint density at radius 1 is 1.38 bits per heavy atom. The molecular formula is C15H18ClFN2O2. The Bertz CT molecular complexity index is 565. The molecule has 2 rings (SSSR count). The van der Waals surface area contributed by atoms with Crippen LogP contribution in [-0.4, -0.2) is 28.8 Å². The number of carbonyl (C=O) groups excluding carboxylic acids is 2. The minimum Gasteiger partial charge on any atom is -0.343 e. The van der Waals surface area contributed by atoms with E-state index in [0.717, 1.165) is 6.42 Å². The molecule has 1 N–H and O–H groups in total. The van der Waals surface area contributed by atoms with Crippen LogP contribution in [0.1, 0.15) is 32.3 Å². The first kappa shape index (κ1) is 15.8. The van der Waals surface area contributed by atoms with Gasteiger partial charge in [0.15, 0.2) is 0 Å². The highest BCUT2D eigenvalue weighted by Crippen LogP contribution is 2.21. The molecule has 6 heteroatoms. The van der Waals surface area contributed by atoms with Crippen molar-refractivity contribution in [2.45, 2.75) is 45.3 Å². The summed E-state index contributed by atoms with van der Waals surface area (Å²) in [5.74, 6) is -0.843. The summed E-state index contributed by atoms with van der Waals surface area (Å²) < 4.78 is 13.9. The van der Waals surface area contributed by atoms with Gasteiger partial charge in [0.05, 0.1) is 0 Å². The predicted molar refractivity (Wildman–Crippen MR) is 78.3 cm³/mol. The Morgan fingerprint density at radius 3 is 2.71 bits per heavy atom. The summed E-state index contributed by atoms with van der Waals surface area (Å²) in [6, 6.07) is 3.20. The molecule has 4 nitrogen and oxygen atoms in total. The van der Waals surface area contributed by atoms with Gasteiger partial charge < -0.3 is 10.2 Å². The van der Waals surface area contributed by atoms with Gasteiger partial charge in [0.25, 0.3) is 0 Å². The van der Waals surface area contributed by atoms with E-state index >= 15 is 0 Å². The molecule has 1 aromatic carbocycles. The molecule has 1 heterocycles. The first-order valence-electron chi connectivity index (χ1n) is 6.98. The van der Waals surface area contributed by atoms with Crippen LogP contribution in [-0.2, 0) is 16.1 Å². The second-order valence-corrected chi connectivity index (χ2v) is 5.67. The standard InChI is InChI=1S/C15H18ClFN2O2/c1-3-4-13-14(20)18-9(2)15(21)19(13)8-10-5-6-11(16)7-12(10)17/h5-7,9,13H,3-4,8H2,1-2H3,(H,18,20). The number of nitrogens with zero attached hydrogens (tertiary/aromatic N) is 1. The zero-order valence-electron chi connectivity index (χ0n) is 12.0. The lowest BCUT2D eigenvalue weighted by atomic mass is 10.0.